The van der Waals surface area contributed by atoms with Crippen LogP contribution in [-0.4, -0.2) is 36.5 Å². The lowest BCUT2D eigenvalue weighted by atomic mass is 10.1. The molecule has 1 aromatic carbocycles. The molecule has 6 nitrogen and oxygen atoms in total. The number of rotatable bonds is 5. The van der Waals surface area contributed by atoms with Gasteiger partial charge in [-0.05, 0) is 39.0 Å². The van der Waals surface area contributed by atoms with Crippen LogP contribution in [0.3, 0.4) is 0 Å². The third kappa shape index (κ3) is 3.77. The molecular weight excluding hydrogens is 294 g/mol. The number of hydrogen-bond donors (Lipinski definition) is 2. The molecule has 2 rings (SSSR count). The first-order valence-electron chi connectivity index (χ1n) is 7.50. The van der Waals surface area contributed by atoms with Crippen LogP contribution < -0.4 is 15.4 Å². The molecule has 0 spiro atoms. The maximum atomic E-state index is 12.4. The van der Waals surface area contributed by atoms with E-state index < -0.39 is 6.04 Å². The van der Waals surface area contributed by atoms with Crippen LogP contribution in [0.2, 0.25) is 0 Å². The number of hydrogen-bond acceptors (Lipinski definition) is 4. The average Bonchev–Trinajstić information content (AvgIpc) is 2.53. The van der Waals surface area contributed by atoms with Crippen molar-refractivity contribution in [3.05, 3.63) is 35.5 Å². The van der Waals surface area contributed by atoms with Crippen molar-refractivity contribution in [3.63, 3.8) is 0 Å². The summed E-state index contributed by atoms with van der Waals surface area (Å²) in [6.07, 6.45) is 0. The Morgan fingerprint density at radius 2 is 2.04 bits per heavy atom. The Hall–Kier alpha value is -2.63. The second kappa shape index (κ2) is 7.09. The van der Waals surface area contributed by atoms with Crippen LogP contribution in [-0.2, 0) is 4.79 Å². The van der Waals surface area contributed by atoms with Crippen molar-refractivity contribution in [1.82, 2.24) is 15.6 Å². The summed E-state index contributed by atoms with van der Waals surface area (Å²) >= 11 is 0. The van der Waals surface area contributed by atoms with E-state index in [1.807, 2.05) is 25.1 Å². The minimum atomic E-state index is -0.603. The molecule has 0 aliphatic heterocycles. The fourth-order valence-corrected chi connectivity index (χ4v) is 2.27. The van der Waals surface area contributed by atoms with Gasteiger partial charge in [-0.2, -0.15) is 0 Å². The first-order chi connectivity index (χ1) is 11.0. The van der Waals surface area contributed by atoms with Gasteiger partial charge in [0.05, 0.1) is 23.9 Å². The van der Waals surface area contributed by atoms with Crippen molar-refractivity contribution in [3.8, 4) is 5.75 Å². The number of nitrogens with one attached hydrogen (secondary N) is 2. The molecular formula is C17H21N3O3. The van der Waals surface area contributed by atoms with Crippen LogP contribution in [0.1, 0.15) is 29.9 Å². The number of aryl methyl sites for hydroxylation is 1. The van der Waals surface area contributed by atoms with Crippen LogP contribution in [0.15, 0.2) is 24.3 Å². The Labute approximate surface area is 135 Å². The summed E-state index contributed by atoms with van der Waals surface area (Å²) in [5, 5.41) is 6.21. The number of ether oxygens (including phenoxy) is 1. The lowest BCUT2D eigenvalue weighted by molar-refractivity contribution is -0.122. The Kier molecular flexibility index (Phi) is 5.16. The van der Waals surface area contributed by atoms with Crippen LogP contribution in [0.25, 0.3) is 10.9 Å². The molecule has 0 radical (unpaired) electrons. The third-order valence-electron chi connectivity index (χ3n) is 3.55. The number of amides is 2. The molecule has 1 heterocycles. The van der Waals surface area contributed by atoms with Crippen molar-refractivity contribution in [2.24, 2.45) is 0 Å². The van der Waals surface area contributed by atoms with Crippen molar-refractivity contribution < 1.29 is 14.3 Å². The van der Waals surface area contributed by atoms with Gasteiger partial charge in [-0.3, -0.25) is 14.6 Å². The number of carbonyl (C=O) groups excluding carboxylic acids is 2. The Balaban J connectivity index is 2.26. The summed E-state index contributed by atoms with van der Waals surface area (Å²) in [6.45, 7) is 5.78. The van der Waals surface area contributed by atoms with Gasteiger partial charge in [0.2, 0.25) is 5.91 Å². The second-order valence-corrected chi connectivity index (χ2v) is 5.27. The molecule has 6 heteroatoms. The molecule has 23 heavy (non-hydrogen) atoms. The van der Waals surface area contributed by atoms with E-state index in [9.17, 15) is 9.59 Å². The van der Waals surface area contributed by atoms with Gasteiger partial charge in [0.1, 0.15) is 11.8 Å². The van der Waals surface area contributed by atoms with Gasteiger partial charge in [0.25, 0.3) is 5.91 Å². The number of benzene rings is 1. The number of methoxy groups -OCH3 is 1. The highest BCUT2D eigenvalue weighted by Crippen LogP contribution is 2.21. The number of likely N-dealkylation sites (N-methyl/N-ethyl adjacent to an activating group) is 1. The summed E-state index contributed by atoms with van der Waals surface area (Å²) in [7, 11) is 1.60. The molecule has 0 aliphatic rings. The Bertz CT molecular complexity index is 743. The van der Waals surface area contributed by atoms with E-state index in [1.165, 1.54) is 0 Å². The number of fused-ring (bicyclic) bond motifs is 1. The maximum absolute atomic E-state index is 12.4. The van der Waals surface area contributed by atoms with Gasteiger partial charge < -0.3 is 15.4 Å². The van der Waals surface area contributed by atoms with E-state index >= 15 is 0 Å². The average molecular weight is 315 g/mol. The predicted octanol–water partition coefficient (Wildman–Crippen LogP) is 1.81. The van der Waals surface area contributed by atoms with E-state index in [4.69, 9.17) is 4.74 Å². The summed E-state index contributed by atoms with van der Waals surface area (Å²) in [6, 6.07) is 6.66. The molecule has 2 amide bonds. The van der Waals surface area contributed by atoms with E-state index in [-0.39, 0.29) is 11.8 Å². The van der Waals surface area contributed by atoms with Gasteiger partial charge >= 0.3 is 0 Å². The zero-order valence-corrected chi connectivity index (χ0v) is 13.8. The van der Waals surface area contributed by atoms with E-state index in [0.717, 1.165) is 10.9 Å². The van der Waals surface area contributed by atoms with Crippen molar-refractivity contribution in [1.29, 1.82) is 0 Å². The summed E-state index contributed by atoms with van der Waals surface area (Å²) < 4.78 is 5.18. The number of carbonyl (C=O) groups is 2. The van der Waals surface area contributed by atoms with Gasteiger partial charge in [-0.25, -0.2) is 0 Å². The first kappa shape index (κ1) is 16.7. The largest absolute Gasteiger partial charge is 0.497 e. The molecule has 1 atom stereocenters. The fraction of sp³-hybridized carbons (Fsp3) is 0.353. The summed E-state index contributed by atoms with van der Waals surface area (Å²) in [5.74, 6) is 0.190. The number of nitrogens with zero attached hydrogens (tertiary/aromatic N) is 1. The minimum Gasteiger partial charge on any atom is -0.497 e. The zero-order chi connectivity index (χ0) is 17.0. The smallest absolute Gasteiger partial charge is 0.253 e. The highest BCUT2D eigenvalue weighted by molar-refractivity contribution is 6.00. The van der Waals surface area contributed by atoms with Crippen LogP contribution in [0, 0.1) is 6.92 Å². The predicted molar refractivity (Wildman–Crippen MR) is 88.6 cm³/mol. The molecule has 122 valence electrons. The third-order valence-corrected chi connectivity index (χ3v) is 3.55. The van der Waals surface area contributed by atoms with Gasteiger partial charge in [-0.1, -0.05) is 0 Å². The minimum absolute atomic E-state index is 0.211. The van der Waals surface area contributed by atoms with Crippen LogP contribution in [0.4, 0.5) is 0 Å². The second-order valence-electron chi connectivity index (χ2n) is 5.27. The standard InChI is InChI=1S/C17H21N3O3/c1-5-18-16(21)11(3)20-17(22)14-8-12-6-7-13(23-4)9-15(12)19-10(14)2/h6-9,11H,5H2,1-4H3,(H,18,21)(H,20,22)/t11-/m1/s1. The van der Waals surface area contributed by atoms with Crippen LogP contribution >= 0.6 is 0 Å². The van der Waals surface area contributed by atoms with Crippen LogP contribution in [0.5, 0.6) is 5.75 Å². The van der Waals surface area contributed by atoms with Gasteiger partial charge in [-0.15, -0.1) is 0 Å². The molecule has 2 N–H and O–H groups in total. The monoisotopic (exact) mass is 315 g/mol. The lowest BCUT2D eigenvalue weighted by Crippen LogP contribution is -2.44. The fourth-order valence-electron chi connectivity index (χ4n) is 2.27. The topological polar surface area (TPSA) is 80.3 Å². The molecule has 0 saturated heterocycles. The first-order valence-corrected chi connectivity index (χ1v) is 7.50. The number of pyridine rings is 1. The summed E-state index contributed by atoms with van der Waals surface area (Å²) in [5.41, 5.74) is 1.82. The zero-order valence-electron chi connectivity index (χ0n) is 13.8. The number of aromatic nitrogens is 1. The van der Waals surface area contributed by atoms with Gasteiger partial charge in [0.15, 0.2) is 0 Å². The summed E-state index contributed by atoms with van der Waals surface area (Å²) in [4.78, 5) is 28.6. The molecule has 0 aliphatic carbocycles. The van der Waals surface area contributed by atoms with E-state index in [2.05, 4.69) is 15.6 Å². The Morgan fingerprint density at radius 1 is 1.30 bits per heavy atom. The molecule has 2 aromatic rings. The van der Waals surface area contributed by atoms with E-state index in [1.54, 1.807) is 27.0 Å². The molecule has 0 unspecified atom stereocenters. The normalized spacial score (nSPS) is 11.8. The molecule has 0 bridgehead atoms. The van der Waals surface area contributed by atoms with Gasteiger partial charge in [0, 0.05) is 18.0 Å². The maximum Gasteiger partial charge on any atom is 0.253 e. The SMILES string of the molecule is CCNC(=O)[C@@H](C)NC(=O)c1cc2ccc(OC)cc2nc1C. The Morgan fingerprint density at radius 3 is 2.70 bits per heavy atom. The van der Waals surface area contributed by atoms with Crippen molar-refractivity contribution in [2.45, 2.75) is 26.8 Å². The quantitative estimate of drug-likeness (QED) is 0.882. The molecule has 0 saturated carbocycles. The van der Waals surface area contributed by atoms with Crippen molar-refractivity contribution >= 4 is 22.7 Å². The lowest BCUT2D eigenvalue weighted by Gasteiger charge is -2.14. The molecule has 0 fully saturated rings. The van der Waals surface area contributed by atoms with E-state index in [0.29, 0.717) is 23.6 Å². The molecule has 1 aromatic heterocycles. The van der Waals surface area contributed by atoms with Crippen molar-refractivity contribution in [2.75, 3.05) is 13.7 Å². The highest BCUT2D eigenvalue weighted by atomic mass is 16.5. The highest BCUT2D eigenvalue weighted by Gasteiger charge is 2.18.